The first-order valence-electron chi connectivity index (χ1n) is 11.8. The highest BCUT2D eigenvalue weighted by Crippen LogP contribution is 2.29. The SMILES string of the molecule is COc1ccc(/C=C/C(=O)c2cccc(Nc3nc(-c4ccccc4)nc4ccccc34)c2)cc1OC. The zero-order valence-electron chi connectivity index (χ0n) is 20.5. The Labute approximate surface area is 215 Å². The zero-order valence-corrected chi connectivity index (χ0v) is 20.5. The van der Waals surface area contributed by atoms with Gasteiger partial charge >= 0.3 is 0 Å². The van der Waals surface area contributed by atoms with Gasteiger partial charge in [-0.25, -0.2) is 9.97 Å². The van der Waals surface area contributed by atoms with E-state index in [0.717, 1.165) is 27.7 Å². The number of carbonyl (C=O) groups excluding carboxylic acids is 1. The Morgan fingerprint density at radius 2 is 1.57 bits per heavy atom. The van der Waals surface area contributed by atoms with Crippen LogP contribution in [0.5, 0.6) is 11.5 Å². The molecule has 0 saturated carbocycles. The highest BCUT2D eigenvalue weighted by atomic mass is 16.5. The number of carbonyl (C=O) groups is 1. The Morgan fingerprint density at radius 1 is 0.784 bits per heavy atom. The van der Waals surface area contributed by atoms with Gasteiger partial charge in [-0.3, -0.25) is 4.79 Å². The van der Waals surface area contributed by atoms with E-state index in [2.05, 4.69) is 5.32 Å². The molecule has 0 amide bonds. The number of aromatic nitrogens is 2. The number of nitrogens with one attached hydrogen (secondary N) is 1. The maximum atomic E-state index is 13.0. The van der Waals surface area contributed by atoms with Crippen LogP contribution in [0.15, 0.2) is 103 Å². The summed E-state index contributed by atoms with van der Waals surface area (Å²) in [6.45, 7) is 0. The van der Waals surface area contributed by atoms with E-state index in [1.807, 2.05) is 91.0 Å². The Balaban J connectivity index is 1.42. The van der Waals surface area contributed by atoms with Gasteiger partial charge in [0, 0.05) is 22.2 Å². The molecule has 182 valence electrons. The fourth-order valence-electron chi connectivity index (χ4n) is 4.00. The third-order valence-corrected chi connectivity index (χ3v) is 5.88. The predicted molar refractivity (Wildman–Crippen MR) is 148 cm³/mol. The van der Waals surface area contributed by atoms with Gasteiger partial charge in [0.1, 0.15) is 5.82 Å². The zero-order chi connectivity index (χ0) is 25.6. The maximum Gasteiger partial charge on any atom is 0.185 e. The third kappa shape index (κ3) is 5.33. The first-order chi connectivity index (χ1) is 18.1. The van der Waals surface area contributed by atoms with E-state index in [4.69, 9.17) is 19.4 Å². The first-order valence-corrected chi connectivity index (χ1v) is 11.8. The fourth-order valence-corrected chi connectivity index (χ4v) is 4.00. The lowest BCUT2D eigenvalue weighted by molar-refractivity contribution is 0.104. The average molecular weight is 488 g/mol. The van der Waals surface area contributed by atoms with Crippen molar-refractivity contribution in [2.75, 3.05) is 19.5 Å². The van der Waals surface area contributed by atoms with Gasteiger partial charge in [0.2, 0.25) is 0 Å². The van der Waals surface area contributed by atoms with Crippen molar-refractivity contribution in [2.24, 2.45) is 0 Å². The second-order valence-corrected chi connectivity index (χ2v) is 8.30. The van der Waals surface area contributed by atoms with Gasteiger partial charge in [0.05, 0.1) is 19.7 Å². The standard InChI is InChI=1S/C31H25N3O3/c1-36-28-18-16-21(19-29(28)37-2)15-17-27(35)23-11-8-12-24(20-23)32-31-25-13-6-7-14-26(25)33-30(34-31)22-9-4-3-5-10-22/h3-20H,1-2H3,(H,32,33,34)/b17-15+. The molecular formula is C31H25N3O3. The molecule has 0 spiro atoms. The monoisotopic (exact) mass is 487 g/mol. The van der Waals surface area contributed by atoms with Crippen molar-refractivity contribution in [1.82, 2.24) is 9.97 Å². The number of allylic oxidation sites excluding steroid dienone is 1. The van der Waals surface area contributed by atoms with Gasteiger partial charge in [-0.2, -0.15) is 0 Å². The van der Waals surface area contributed by atoms with E-state index in [9.17, 15) is 4.79 Å². The van der Waals surface area contributed by atoms with Gasteiger partial charge in [-0.15, -0.1) is 0 Å². The highest BCUT2D eigenvalue weighted by molar-refractivity contribution is 6.07. The van der Waals surface area contributed by atoms with Crippen molar-refractivity contribution < 1.29 is 14.3 Å². The van der Waals surface area contributed by atoms with E-state index >= 15 is 0 Å². The van der Waals surface area contributed by atoms with E-state index in [0.29, 0.717) is 28.7 Å². The van der Waals surface area contributed by atoms with E-state index in [-0.39, 0.29) is 5.78 Å². The lowest BCUT2D eigenvalue weighted by Crippen LogP contribution is -2.01. The molecule has 0 atom stereocenters. The van der Waals surface area contributed by atoms with Gasteiger partial charge in [0.15, 0.2) is 23.1 Å². The van der Waals surface area contributed by atoms with E-state index < -0.39 is 0 Å². The van der Waals surface area contributed by atoms with Crippen LogP contribution < -0.4 is 14.8 Å². The second-order valence-electron chi connectivity index (χ2n) is 8.30. The van der Waals surface area contributed by atoms with E-state index in [1.54, 1.807) is 32.4 Å². The van der Waals surface area contributed by atoms with Crippen LogP contribution in [0.4, 0.5) is 11.5 Å². The second kappa shape index (κ2) is 10.7. The average Bonchev–Trinajstić information content (AvgIpc) is 2.96. The normalized spacial score (nSPS) is 11.0. The molecule has 0 radical (unpaired) electrons. The fraction of sp³-hybridized carbons (Fsp3) is 0.0645. The summed E-state index contributed by atoms with van der Waals surface area (Å²) >= 11 is 0. The minimum absolute atomic E-state index is 0.115. The first kappa shape index (κ1) is 23.8. The number of fused-ring (bicyclic) bond motifs is 1. The van der Waals surface area contributed by atoms with E-state index in [1.165, 1.54) is 0 Å². The van der Waals surface area contributed by atoms with Crippen molar-refractivity contribution in [3.05, 3.63) is 114 Å². The van der Waals surface area contributed by atoms with Gasteiger partial charge in [-0.1, -0.05) is 66.7 Å². The Kier molecular flexibility index (Phi) is 6.90. The summed E-state index contributed by atoms with van der Waals surface area (Å²) in [6.07, 6.45) is 3.31. The summed E-state index contributed by atoms with van der Waals surface area (Å²) in [5, 5.41) is 4.29. The number of para-hydroxylation sites is 1. The van der Waals surface area contributed by atoms with Crippen LogP contribution in [-0.2, 0) is 0 Å². The van der Waals surface area contributed by atoms with Crippen molar-refractivity contribution in [3.8, 4) is 22.9 Å². The van der Waals surface area contributed by atoms with Gasteiger partial charge in [0.25, 0.3) is 0 Å². The molecule has 0 aliphatic heterocycles. The summed E-state index contributed by atoms with van der Waals surface area (Å²) in [5.74, 6) is 2.44. The minimum atomic E-state index is -0.115. The van der Waals surface area contributed by atoms with Crippen LogP contribution in [-0.4, -0.2) is 30.0 Å². The molecule has 0 bridgehead atoms. The molecule has 37 heavy (non-hydrogen) atoms. The number of methoxy groups -OCH3 is 2. The number of rotatable bonds is 8. The number of ether oxygens (including phenoxy) is 2. The van der Waals surface area contributed by atoms with Crippen LogP contribution in [0, 0.1) is 0 Å². The van der Waals surface area contributed by atoms with Crippen LogP contribution >= 0.6 is 0 Å². The Morgan fingerprint density at radius 3 is 2.38 bits per heavy atom. The number of ketones is 1. The smallest absolute Gasteiger partial charge is 0.185 e. The summed E-state index contributed by atoms with van der Waals surface area (Å²) < 4.78 is 10.6. The summed E-state index contributed by atoms with van der Waals surface area (Å²) in [5.41, 5.74) is 3.92. The number of anilines is 2. The Bertz CT molecular complexity index is 1600. The molecule has 0 aliphatic carbocycles. The number of hydrogen-bond acceptors (Lipinski definition) is 6. The quantitative estimate of drug-likeness (QED) is 0.189. The molecule has 5 aromatic rings. The van der Waals surface area contributed by atoms with Crippen molar-refractivity contribution in [3.63, 3.8) is 0 Å². The van der Waals surface area contributed by atoms with Crippen LogP contribution in [0.25, 0.3) is 28.4 Å². The van der Waals surface area contributed by atoms with Gasteiger partial charge < -0.3 is 14.8 Å². The van der Waals surface area contributed by atoms with Crippen LogP contribution in [0.1, 0.15) is 15.9 Å². The van der Waals surface area contributed by atoms with Crippen molar-refractivity contribution in [2.45, 2.75) is 0 Å². The van der Waals surface area contributed by atoms with Crippen molar-refractivity contribution >= 4 is 34.3 Å². The summed E-state index contributed by atoms with van der Waals surface area (Å²) in [4.78, 5) is 22.5. The maximum absolute atomic E-state index is 13.0. The Hall–Kier alpha value is -4.97. The molecule has 1 aromatic heterocycles. The largest absolute Gasteiger partial charge is 0.493 e. The van der Waals surface area contributed by atoms with Crippen LogP contribution in [0.3, 0.4) is 0 Å². The highest BCUT2D eigenvalue weighted by Gasteiger charge is 2.11. The molecule has 1 N–H and O–H groups in total. The molecule has 0 saturated heterocycles. The number of hydrogen-bond donors (Lipinski definition) is 1. The lowest BCUT2D eigenvalue weighted by atomic mass is 10.1. The molecule has 6 nitrogen and oxygen atoms in total. The molecular weight excluding hydrogens is 462 g/mol. The molecule has 4 aromatic carbocycles. The summed E-state index contributed by atoms with van der Waals surface area (Å²) in [6, 6.07) is 30.6. The predicted octanol–water partition coefficient (Wildman–Crippen LogP) is 6.95. The summed E-state index contributed by atoms with van der Waals surface area (Å²) in [7, 11) is 3.17. The molecule has 5 rings (SSSR count). The number of benzene rings is 4. The minimum Gasteiger partial charge on any atom is -0.493 e. The number of nitrogens with zero attached hydrogens (tertiary/aromatic N) is 2. The lowest BCUT2D eigenvalue weighted by Gasteiger charge is -2.12. The third-order valence-electron chi connectivity index (χ3n) is 5.88. The van der Waals surface area contributed by atoms with Crippen LogP contribution in [0.2, 0.25) is 0 Å². The molecule has 6 heteroatoms. The molecule has 1 heterocycles. The molecule has 0 unspecified atom stereocenters. The topological polar surface area (TPSA) is 73.3 Å². The van der Waals surface area contributed by atoms with Crippen molar-refractivity contribution in [1.29, 1.82) is 0 Å². The van der Waals surface area contributed by atoms with Gasteiger partial charge in [-0.05, 0) is 48.0 Å². The molecule has 0 aliphatic rings. The molecule has 0 fully saturated rings.